The van der Waals surface area contributed by atoms with Gasteiger partial charge in [-0.15, -0.1) is 0 Å². The molecular formula is C25H44O4. The number of carbonyl (C=O) groups excluding carboxylic acids is 2. The molecule has 4 heteroatoms. The molecule has 0 aromatic carbocycles. The minimum Gasteiger partial charge on any atom is -0.466 e. The van der Waals surface area contributed by atoms with Gasteiger partial charge in [0.2, 0.25) is 0 Å². The highest BCUT2D eigenvalue weighted by atomic mass is 16.5. The lowest BCUT2D eigenvalue weighted by Crippen LogP contribution is -2.33. The molecule has 0 bridgehead atoms. The molecule has 2 atom stereocenters. The standard InChI is InChI=1S/C25H44O4/c1-3-5-6-7-8-9-10-11-12-13-14-15-18-21-29-25(27)23-20-17-16-19-22(23)24(26)28-4-2/h16-17,22-23H,3-15,18-21H2,1-2H3. The van der Waals surface area contributed by atoms with Crippen LogP contribution in [0.5, 0.6) is 0 Å². The van der Waals surface area contributed by atoms with Gasteiger partial charge in [0, 0.05) is 0 Å². The molecule has 1 aliphatic rings. The van der Waals surface area contributed by atoms with Crippen molar-refractivity contribution in [3.63, 3.8) is 0 Å². The second-order valence-electron chi connectivity index (χ2n) is 8.32. The first-order chi connectivity index (χ1) is 14.2. The van der Waals surface area contributed by atoms with E-state index in [1.165, 1.54) is 70.6 Å². The van der Waals surface area contributed by atoms with Crippen LogP contribution in [-0.4, -0.2) is 25.2 Å². The van der Waals surface area contributed by atoms with Gasteiger partial charge < -0.3 is 9.47 Å². The third-order valence-electron chi connectivity index (χ3n) is 5.82. The van der Waals surface area contributed by atoms with E-state index in [4.69, 9.17) is 9.47 Å². The Hall–Kier alpha value is -1.32. The van der Waals surface area contributed by atoms with Crippen molar-refractivity contribution in [2.24, 2.45) is 11.8 Å². The van der Waals surface area contributed by atoms with Gasteiger partial charge in [-0.2, -0.15) is 0 Å². The largest absolute Gasteiger partial charge is 0.466 e. The van der Waals surface area contributed by atoms with Crippen molar-refractivity contribution in [3.05, 3.63) is 12.2 Å². The number of hydrogen-bond acceptors (Lipinski definition) is 4. The molecular weight excluding hydrogens is 364 g/mol. The molecule has 4 nitrogen and oxygen atoms in total. The molecule has 0 spiro atoms. The molecule has 0 saturated heterocycles. The van der Waals surface area contributed by atoms with Gasteiger partial charge in [-0.25, -0.2) is 0 Å². The van der Waals surface area contributed by atoms with Crippen LogP contribution in [-0.2, 0) is 19.1 Å². The lowest BCUT2D eigenvalue weighted by atomic mass is 9.83. The maximum atomic E-state index is 12.4. The molecule has 0 aromatic heterocycles. The SMILES string of the molecule is CCCCCCCCCCCCCCCOC(=O)C1CC=CCC1C(=O)OCC. The van der Waals surface area contributed by atoms with Crippen molar-refractivity contribution in [2.75, 3.05) is 13.2 Å². The maximum absolute atomic E-state index is 12.4. The van der Waals surface area contributed by atoms with Crippen molar-refractivity contribution in [2.45, 2.75) is 110 Å². The molecule has 1 rings (SSSR count). The van der Waals surface area contributed by atoms with Crippen LogP contribution in [0.4, 0.5) is 0 Å². The zero-order valence-electron chi connectivity index (χ0n) is 19.0. The summed E-state index contributed by atoms with van der Waals surface area (Å²) in [7, 11) is 0. The number of rotatable bonds is 17. The number of esters is 2. The zero-order chi connectivity index (χ0) is 21.2. The number of ether oxygens (including phenoxy) is 2. The number of unbranched alkanes of at least 4 members (excludes halogenated alkanes) is 12. The molecule has 0 fully saturated rings. The quantitative estimate of drug-likeness (QED) is 0.151. The van der Waals surface area contributed by atoms with Crippen LogP contribution < -0.4 is 0 Å². The van der Waals surface area contributed by atoms with Gasteiger partial charge in [0.1, 0.15) is 0 Å². The summed E-state index contributed by atoms with van der Waals surface area (Å²) in [6.07, 6.45) is 21.9. The van der Waals surface area contributed by atoms with E-state index >= 15 is 0 Å². The van der Waals surface area contributed by atoms with Gasteiger partial charge in [-0.1, -0.05) is 96.1 Å². The van der Waals surface area contributed by atoms with E-state index in [1.807, 2.05) is 12.2 Å². The van der Waals surface area contributed by atoms with Gasteiger partial charge in [0.15, 0.2) is 0 Å². The average Bonchev–Trinajstić information content (AvgIpc) is 2.74. The van der Waals surface area contributed by atoms with Crippen LogP contribution >= 0.6 is 0 Å². The summed E-state index contributed by atoms with van der Waals surface area (Å²) in [5, 5.41) is 0. The highest BCUT2D eigenvalue weighted by Crippen LogP contribution is 2.28. The highest BCUT2D eigenvalue weighted by Gasteiger charge is 2.36. The Morgan fingerprint density at radius 3 is 1.52 bits per heavy atom. The molecule has 0 saturated carbocycles. The summed E-state index contributed by atoms with van der Waals surface area (Å²) < 4.78 is 10.6. The van der Waals surface area contributed by atoms with E-state index in [0.717, 1.165) is 12.8 Å². The first-order valence-corrected chi connectivity index (χ1v) is 12.2. The van der Waals surface area contributed by atoms with Crippen molar-refractivity contribution >= 4 is 11.9 Å². The van der Waals surface area contributed by atoms with Crippen LogP contribution in [0, 0.1) is 11.8 Å². The van der Waals surface area contributed by atoms with Gasteiger partial charge in [0.05, 0.1) is 25.0 Å². The predicted octanol–water partition coefficient (Wildman–Crippen LogP) is 6.77. The first kappa shape index (κ1) is 25.7. The first-order valence-electron chi connectivity index (χ1n) is 12.2. The minimum atomic E-state index is -0.390. The Labute approximate surface area is 178 Å². The Morgan fingerprint density at radius 2 is 1.07 bits per heavy atom. The topological polar surface area (TPSA) is 52.6 Å². The van der Waals surface area contributed by atoms with Gasteiger partial charge >= 0.3 is 11.9 Å². The molecule has 1 aliphatic carbocycles. The van der Waals surface area contributed by atoms with Crippen LogP contribution in [0.2, 0.25) is 0 Å². The van der Waals surface area contributed by atoms with E-state index < -0.39 is 0 Å². The fraction of sp³-hybridized carbons (Fsp3) is 0.840. The van der Waals surface area contributed by atoms with E-state index in [2.05, 4.69) is 6.92 Å². The fourth-order valence-corrected chi connectivity index (χ4v) is 3.98. The summed E-state index contributed by atoms with van der Waals surface area (Å²) >= 11 is 0. The Bertz CT molecular complexity index is 458. The van der Waals surface area contributed by atoms with E-state index in [9.17, 15) is 9.59 Å². The Morgan fingerprint density at radius 1 is 0.655 bits per heavy atom. The molecule has 0 radical (unpaired) electrons. The molecule has 0 amide bonds. The van der Waals surface area contributed by atoms with Crippen molar-refractivity contribution in [1.82, 2.24) is 0 Å². The summed E-state index contributed by atoms with van der Waals surface area (Å²) in [6, 6.07) is 0. The highest BCUT2D eigenvalue weighted by molar-refractivity contribution is 5.82. The molecule has 168 valence electrons. The van der Waals surface area contributed by atoms with Crippen LogP contribution in [0.15, 0.2) is 12.2 Å². The Kier molecular flexibility index (Phi) is 15.5. The van der Waals surface area contributed by atoms with Gasteiger partial charge in [-0.3, -0.25) is 9.59 Å². The number of carbonyl (C=O) groups is 2. The summed E-state index contributed by atoms with van der Waals surface area (Å²) in [6.45, 7) is 4.87. The second-order valence-corrected chi connectivity index (χ2v) is 8.32. The summed E-state index contributed by atoms with van der Waals surface area (Å²) in [4.78, 5) is 24.4. The predicted molar refractivity (Wildman–Crippen MR) is 119 cm³/mol. The van der Waals surface area contributed by atoms with Crippen LogP contribution in [0.1, 0.15) is 110 Å². The minimum absolute atomic E-state index is 0.244. The third kappa shape index (κ3) is 12.1. The molecule has 0 heterocycles. The Balaban J connectivity index is 1.99. The number of allylic oxidation sites excluding steroid dienone is 2. The monoisotopic (exact) mass is 408 g/mol. The lowest BCUT2D eigenvalue weighted by Gasteiger charge is -2.25. The summed E-state index contributed by atoms with van der Waals surface area (Å²) in [5.41, 5.74) is 0. The van der Waals surface area contributed by atoms with Crippen molar-refractivity contribution in [3.8, 4) is 0 Å². The lowest BCUT2D eigenvalue weighted by molar-refractivity contribution is -0.160. The molecule has 0 N–H and O–H groups in total. The molecule has 29 heavy (non-hydrogen) atoms. The van der Waals surface area contributed by atoms with Crippen LogP contribution in [0.25, 0.3) is 0 Å². The molecule has 2 unspecified atom stereocenters. The van der Waals surface area contributed by atoms with Crippen LogP contribution in [0.3, 0.4) is 0 Å². The summed E-state index contributed by atoms with van der Waals surface area (Å²) in [5.74, 6) is -1.30. The normalized spacial score (nSPS) is 18.6. The molecule has 0 aromatic rings. The van der Waals surface area contributed by atoms with Gasteiger partial charge in [0.25, 0.3) is 0 Å². The zero-order valence-corrected chi connectivity index (χ0v) is 19.0. The van der Waals surface area contributed by atoms with Crippen molar-refractivity contribution in [1.29, 1.82) is 0 Å². The van der Waals surface area contributed by atoms with Gasteiger partial charge in [-0.05, 0) is 26.2 Å². The number of hydrogen-bond donors (Lipinski definition) is 0. The maximum Gasteiger partial charge on any atom is 0.310 e. The fourth-order valence-electron chi connectivity index (χ4n) is 3.98. The molecule has 0 aliphatic heterocycles. The second kappa shape index (κ2) is 17.5. The van der Waals surface area contributed by atoms with E-state index in [1.54, 1.807) is 6.92 Å². The van der Waals surface area contributed by atoms with Crippen molar-refractivity contribution < 1.29 is 19.1 Å². The third-order valence-corrected chi connectivity index (χ3v) is 5.82. The average molecular weight is 409 g/mol. The van der Waals surface area contributed by atoms with E-state index in [-0.39, 0.29) is 23.8 Å². The smallest absolute Gasteiger partial charge is 0.310 e. The van der Waals surface area contributed by atoms with E-state index in [0.29, 0.717) is 26.1 Å².